The molecule has 2 aromatic carbocycles. The predicted molar refractivity (Wildman–Crippen MR) is 77.8 cm³/mol. The van der Waals surface area contributed by atoms with Crippen LogP contribution in [-0.4, -0.2) is 5.78 Å². The second-order valence-electron chi connectivity index (χ2n) is 4.08. The summed E-state index contributed by atoms with van der Waals surface area (Å²) < 4.78 is 0.735. The number of halogens is 1. The number of carbonyl (C=O) groups excluding carboxylic acids is 1. The van der Waals surface area contributed by atoms with E-state index < -0.39 is 0 Å². The Bertz CT molecular complexity index is 593. The van der Waals surface area contributed by atoms with Crippen molar-refractivity contribution < 1.29 is 4.79 Å². The molecule has 0 heterocycles. The molecular weight excluding hydrogens is 290 g/mol. The van der Waals surface area contributed by atoms with E-state index in [4.69, 9.17) is 5.73 Å². The van der Waals surface area contributed by atoms with Gasteiger partial charge in [0.2, 0.25) is 0 Å². The summed E-state index contributed by atoms with van der Waals surface area (Å²) in [5.41, 5.74) is 8.78. The molecule has 0 amide bonds. The van der Waals surface area contributed by atoms with Crippen molar-refractivity contribution in [2.45, 2.75) is 13.3 Å². The number of hydrogen-bond donors (Lipinski definition) is 1. The van der Waals surface area contributed by atoms with Crippen LogP contribution in [0.15, 0.2) is 46.9 Å². The molecule has 0 saturated heterocycles. The van der Waals surface area contributed by atoms with Crippen LogP contribution in [0.25, 0.3) is 0 Å². The maximum atomic E-state index is 12.5. The van der Waals surface area contributed by atoms with Crippen LogP contribution < -0.4 is 5.73 Å². The lowest BCUT2D eigenvalue weighted by atomic mass is 9.97. The third-order valence-electron chi connectivity index (χ3n) is 2.88. The molecule has 0 fully saturated rings. The first-order chi connectivity index (χ1) is 8.63. The first-order valence-electron chi connectivity index (χ1n) is 5.81. The summed E-state index contributed by atoms with van der Waals surface area (Å²) in [5.74, 6) is 0.0272. The lowest BCUT2D eigenvalue weighted by Gasteiger charge is -2.08. The van der Waals surface area contributed by atoms with Crippen LogP contribution in [0.4, 0.5) is 5.69 Å². The molecule has 0 aromatic heterocycles. The maximum absolute atomic E-state index is 12.5. The van der Waals surface area contributed by atoms with Gasteiger partial charge in [-0.15, -0.1) is 0 Å². The van der Waals surface area contributed by atoms with Crippen LogP contribution in [0.5, 0.6) is 0 Å². The molecule has 2 aromatic rings. The van der Waals surface area contributed by atoms with Crippen molar-refractivity contribution in [1.29, 1.82) is 0 Å². The summed E-state index contributed by atoms with van der Waals surface area (Å²) in [6, 6.07) is 12.9. The van der Waals surface area contributed by atoms with Crippen molar-refractivity contribution in [3.63, 3.8) is 0 Å². The highest BCUT2D eigenvalue weighted by Crippen LogP contribution is 2.24. The fourth-order valence-corrected chi connectivity index (χ4v) is 2.49. The van der Waals surface area contributed by atoms with Crippen LogP contribution in [0, 0.1) is 0 Å². The zero-order valence-electron chi connectivity index (χ0n) is 10.1. The smallest absolute Gasteiger partial charge is 0.194 e. The van der Waals surface area contributed by atoms with Gasteiger partial charge in [-0.1, -0.05) is 31.2 Å². The number of nitrogen functional groups attached to an aromatic ring is 1. The topological polar surface area (TPSA) is 43.1 Å². The number of ketones is 1. The van der Waals surface area contributed by atoms with Crippen molar-refractivity contribution in [2.24, 2.45) is 0 Å². The van der Waals surface area contributed by atoms with E-state index in [0.29, 0.717) is 11.3 Å². The average Bonchev–Trinajstić information content (AvgIpc) is 2.38. The quantitative estimate of drug-likeness (QED) is 0.692. The Morgan fingerprint density at radius 1 is 1.17 bits per heavy atom. The minimum Gasteiger partial charge on any atom is -0.399 e. The third kappa shape index (κ3) is 2.46. The largest absolute Gasteiger partial charge is 0.399 e. The molecule has 0 aliphatic heterocycles. The van der Waals surface area contributed by atoms with Gasteiger partial charge in [0.05, 0.1) is 0 Å². The van der Waals surface area contributed by atoms with E-state index in [1.165, 1.54) is 0 Å². The van der Waals surface area contributed by atoms with E-state index in [-0.39, 0.29) is 5.78 Å². The molecule has 0 atom stereocenters. The SMILES string of the molecule is CCc1ccccc1C(=O)c1ccc(N)cc1Br. The highest BCUT2D eigenvalue weighted by Gasteiger charge is 2.15. The first-order valence-corrected chi connectivity index (χ1v) is 6.60. The van der Waals surface area contributed by atoms with E-state index in [1.807, 2.05) is 31.2 Å². The fourth-order valence-electron chi connectivity index (χ4n) is 1.91. The number of benzene rings is 2. The molecule has 2 rings (SSSR count). The van der Waals surface area contributed by atoms with Crippen molar-refractivity contribution in [3.8, 4) is 0 Å². The number of hydrogen-bond acceptors (Lipinski definition) is 2. The highest BCUT2D eigenvalue weighted by atomic mass is 79.9. The van der Waals surface area contributed by atoms with Crippen LogP contribution >= 0.6 is 15.9 Å². The molecule has 92 valence electrons. The average molecular weight is 304 g/mol. The summed E-state index contributed by atoms with van der Waals surface area (Å²) in [7, 11) is 0. The normalized spacial score (nSPS) is 10.3. The number of carbonyl (C=O) groups is 1. The Hall–Kier alpha value is -1.61. The number of aryl methyl sites for hydroxylation is 1. The lowest BCUT2D eigenvalue weighted by molar-refractivity contribution is 0.103. The highest BCUT2D eigenvalue weighted by molar-refractivity contribution is 9.10. The van der Waals surface area contributed by atoms with Gasteiger partial charge in [-0.25, -0.2) is 0 Å². The number of rotatable bonds is 3. The van der Waals surface area contributed by atoms with Crippen LogP contribution in [0.2, 0.25) is 0 Å². The summed E-state index contributed by atoms with van der Waals surface area (Å²) in [5, 5.41) is 0. The minimum atomic E-state index is 0.0272. The van der Waals surface area contributed by atoms with Gasteiger partial charge in [0.1, 0.15) is 0 Å². The molecular formula is C15H14BrNO. The molecule has 2 nitrogen and oxygen atoms in total. The molecule has 0 spiro atoms. The van der Waals surface area contributed by atoms with E-state index >= 15 is 0 Å². The van der Waals surface area contributed by atoms with Gasteiger partial charge >= 0.3 is 0 Å². The molecule has 18 heavy (non-hydrogen) atoms. The lowest BCUT2D eigenvalue weighted by Crippen LogP contribution is -2.06. The van der Waals surface area contributed by atoms with Gasteiger partial charge in [-0.3, -0.25) is 4.79 Å². The van der Waals surface area contributed by atoms with Gasteiger partial charge in [0.15, 0.2) is 5.78 Å². The first kappa shape index (κ1) is 12.8. The zero-order chi connectivity index (χ0) is 13.1. The Morgan fingerprint density at radius 2 is 1.89 bits per heavy atom. The number of anilines is 1. The standard InChI is InChI=1S/C15H14BrNO/c1-2-10-5-3-4-6-12(10)15(18)13-8-7-11(17)9-14(13)16/h3-9H,2,17H2,1H3. The van der Waals surface area contributed by atoms with Gasteiger partial charge in [-0.2, -0.15) is 0 Å². The van der Waals surface area contributed by atoms with E-state index in [2.05, 4.69) is 15.9 Å². The Balaban J connectivity index is 2.48. The second-order valence-corrected chi connectivity index (χ2v) is 4.93. The Kier molecular flexibility index (Phi) is 3.82. The van der Waals surface area contributed by atoms with Crippen LogP contribution in [0.1, 0.15) is 28.4 Å². The summed E-state index contributed by atoms with van der Waals surface area (Å²) >= 11 is 3.39. The predicted octanol–water partition coefficient (Wildman–Crippen LogP) is 3.82. The molecule has 0 unspecified atom stereocenters. The molecule has 0 aliphatic carbocycles. The van der Waals surface area contributed by atoms with Crippen molar-refractivity contribution in [3.05, 3.63) is 63.6 Å². The van der Waals surface area contributed by atoms with E-state index in [0.717, 1.165) is 22.0 Å². The van der Waals surface area contributed by atoms with Crippen LogP contribution in [0.3, 0.4) is 0 Å². The summed E-state index contributed by atoms with van der Waals surface area (Å²) in [4.78, 5) is 12.5. The van der Waals surface area contributed by atoms with Crippen LogP contribution in [-0.2, 0) is 6.42 Å². The fraction of sp³-hybridized carbons (Fsp3) is 0.133. The molecule has 0 radical (unpaired) electrons. The molecule has 2 N–H and O–H groups in total. The third-order valence-corrected chi connectivity index (χ3v) is 3.54. The van der Waals surface area contributed by atoms with Crippen molar-refractivity contribution in [1.82, 2.24) is 0 Å². The molecule has 0 bridgehead atoms. The second kappa shape index (κ2) is 5.36. The summed E-state index contributed by atoms with van der Waals surface area (Å²) in [6.45, 7) is 2.05. The monoisotopic (exact) mass is 303 g/mol. The van der Waals surface area contributed by atoms with Gasteiger partial charge in [0.25, 0.3) is 0 Å². The van der Waals surface area contributed by atoms with Gasteiger partial charge < -0.3 is 5.73 Å². The van der Waals surface area contributed by atoms with Gasteiger partial charge in [0, 0.05) is 21.3 Å². The van der Waals surface area contributed by atoms with E-state index in [1.54, 1.807) is 18.2 Å². The van der Waals surface area contributed by atoms with E-state index in [9.17, 15) is 4.79 Å². The summed E-state index contributed by atoms with van der Waals surface area (Å²) in [6.07, 6.45) is 0.842. The van der Waals surface area contributed by atoms with Crippen molar-refractivity contribution >= 4 is 27.4 Å². The Morgan fingerprint density at radius 3 is 2.56 bits per heavy atom. The molecule has 0 aliphatic rings. The Labute approximate surface area is 115 Å². The molecule has 3 heteroatoms. The number of nitrogens with two attached hydrogens (primary N) is 1. The molecule has 0 saturated carbocycles. The minimum absolute atomic E-state index is 0.0272. The zero-order valence-corrected chi connectivity index (χ0v) is 11.7. The van der Waals surface area contributed by atoms with Gasteiger partial charge in [-0.05, 0) is 46.1 Å². The van der Waals surface area contributed by atoms with Crippen molar-refractivity contribution in [2.75, 3.05) is 5.73 Å². The maximum Gasteiger partial charge on any atom is 0.194 e.